The lowest BCUT2D eigenvalue weighted by molar-refractivity contribution is 0.0930. The first-order chi connectivity index (χ1) is 9.08. The second-order valence-electron chi connectivity index (χ2n) is 5.53. The van der Waals surface area contributed by atoms with Crippen molar-refractivity contribution < 1.29 is 9.90 Å². The Labute approximate surface area is 114 Å². The average molecular weight is 262 g/mol. The number of amides is 1. The quantitative estimate of drug-likeness (QED) is 0.436. The van der Waals surface area contributed by atoms with Crippen molar-refractivity contribution in [2.24, 2.45) is 5.92 Å². The predicted octanol–water partition coefficient (Wildman–Crippen LogP) is 2.67. The maximum Gasteiger partial charge on any atom is 0.255 e. The van der Waals surface area contributed by atoms with Gasteiger partial charge in [-0.15, -0.1) is 0 Å². The van der Waals surface area contributed by atoms with E-state index in [1.807, 2.05) is 0 Å². The molecule has 0 aromatic heterocycles. The van der Waals surface area contributed by atoms with Crippen LogP contribution in [0.1, 0.15) is 49.4 Å². The SMILES string of the molecule is CC1CCCC(NC(=O)c2cccc(N)c2O)CC1. The molecule has 0 bridgehead atoms. The number of hydrogen-bond donors (Lipinski definition) is 3. The number of hydrogen-bond acceptors (Lipinski definition) is 3. The van der Waals surface area contributed by atoms with Crippen LogP contribution in [0.15, 0.2) is 18.2 Å². The smallest absolute Gasteiger partial charge is 0.255 e. The summed E-state index contributed by atoms with van der Waals surface area (Å²) in [6, 6.07) is 5.07. The van der Waals surface area contributed by atoms with Crippen LogP contribution in [0.4, 0.5) is 5.69 Å². The van der Waals surface area contributed by atoms with E-state index in [0.29, 0.717) is 0 Å². The van der Waals surface area contributed by atoms with E-state index in [9.17, 15) is 9.90 Å². The van der Waals surface area contributed by atoms with E-state index in [0.717, 1.165) is 31.6 Å². The number of phenolic OH excluding ortho intramolecular Hbond substituents is 1. The minimum Gasteiger partial charge on any atom is -0.505 e. The number of benzene rings is 1. The highest BCUT2D eigenvalue weighted by Crippen LogP contribution is 2.26. The van der Waals surface area contributed by atoms with E-state index in [4.69, 9.17) is 5.73 Å². The standard InChI is InChI=1S/C15H22N2O2/c1-10-4-2-5-11(9-8-10)17-15(19)12-6-3-7-13(16)14(12)18/h3,6-7,10-11,18H,2,4-5,8-9,16H2,1H3,(H,17,19). The lowest BCUT2D eigenvalue weighted by Gasteiger charge is -2.17. The zero-order chi connectivity index (χ0) is 13.8. The third-order valence-electron chi connectivity index (χ3n) is 3.90. The number of para-hydroxylation sites is 1. The summed E-state index contributed by atoms with van der Waals surface area (Å²) >= 11 is 0. The van der Waals surface area contributed by atoms with Crippen LogP contribution < -0.4 is 11.1 Å². The maximum absolute atomic E-state index is 12.2. The monoisotopic (exact) mass is 262 g/mol. The molecule has 2 unspecified atom stereocenters. The van der Waals surface area contributed by atoms with E-state index < -0.39 is 0 Å². The molecular weight excluding hydrogens is 240 g/mol. The van der Waals surface area contributed by atoms with Crippen LogP contribution in [0.5, 0.6) is 5.75 Å². The number of aromatic hydroxyl groups is 1. The Morgan fingerprint density at radius 1 is 1.32 bits per heavy atom. The van der Waals surface area contributed by atoms with Crippen LogP contribution in [0.25, 0.3) is 0 Å². The zero-order valence-corrected chi connectivity index (χ0v) is 11.4. The molecule has 1 aromatic rings. The van der Waals surface area contributed by atoms with Gasteiger partial charge in [0.15, 0.2) is 5.75 Å². The van der Waals surface area contributed by atoms with E-state index in [2.05, 4.69) is 12.2 Å². The number of nitrogens with one attached hydrogen (secondary N) is 1. The first-order valence-electron chi connectivity index (χ1n) is 6.96. The van der Waals surface area contributed by atoms with Crippen LogP contribution in [0.2, 0.25) is 0 Å². The van der Waals surface area contributed by atoms with Gasteiger partial charge in [0.25, 0.3) is 5.91 Å². The van der Waals surface area contributed by atoms with Crippen molar-refractivity contribution >= 4 is 11.6 Å². The number of anilines is 1. The third-order valence-corrected chi connectivity index (χ3v) is 3.90. The second-order valence-corrected chi connectivity index (χ2v) is 5.53. The first kappa shape index (κ1) is 13.7. The van der Waals surface area contributed by atoms with Gasteiger partial charge in [0.1, 0.15) is 0 Å². The molecule has 4 heteroatoms. The lowest BCUT2D eigenvalue weighted by Crippen LogP contribution is -2.34. The van der Waals surface area contributed by atoms with Crippen LogP contribution >= 0.6 is 0 Å². The van der Waals surface area contributed by atoms with Crippen LogP contribution in [0.3, 0.4) is 0 Å². The zero-order valence-electron chi connectivity index (χ0n) is 11.4. The third kappa shape index (κ3) is 3.40. The van der Waals surface area contributed by atoms with Crippen molar-refractivity contribution in [1.29, 1.82) is 0 Å². The molecule has 1 aliphatic rings. The maximum atomic E-state index is 12.2. The van der Waals surface area contributed by atoms with Crippen LogP contribution in [-0.2, 0) is 0 Å². The highest BCUT2D eigenvalue weighted by atomic mass is 16.3. The van der Waals surface area contributed by atoms with Gasteiger partial charge < -0.3 is 16.2 Å². The van der Waals surface area contributed by atoms with Gasteiger partial charge in [-0.25, -0.2) is 0 Å². The largest absolute Gasteiger partial charge is 0.505 e. The van der Waals surface area contributed by atoms with Crippen molar-refractivity contribution in [3.8, 4) is 5.75 Å². The van der Waals surface area contributed by atoms with Crippen LogP contribution in [0, 0.1) is 5.92 Å². The Morgan fingerprint density at radius 2 is 2.11 bits per heavy atom. The van der Waals surface area contributed by atoms with Crippen LogP contribution in [-0.4, -0.2) is 17.1 Å². The Hall–Kier alpha value is -1.71. The fourth-order valence-electron chi connectivity index (χ4n) is 2.64. The topological polar surface area (TPSA) is 75.4 Å². The molecule has 1 saturated carbocycles. The number of carbonyl (C=O) groups excluding carboxylic acids is 1. The van der Waals surface area contributed by atoms with Crippen molar-refractivity contribution in [1.82, 2.24) is 5.32 Å². The molecule has 104 valence electrons. The molecule has 2 rings (SSSR count). The Kier molecular flexibility index (Phi) is 4.30. The fraction of sp³-hybridized carbons (Fsp3) is 0.533. The van der Waals surface area contributed by atoms with Crippen molar-refractivity contribution in [2.75, 3.05) is 5.73 Å². The highest BCUT2D eigenvalue weighted by molar-refractivity contribution is 5.98. The lowest BCUT2D eigenvalue weighted by atomic mass is 10.0. The molecule has 0 aliphatic heterocycles. The van der Waals surface area contributed by atoms with Gasteiger partial charge >= 0.3 is 0 Å². The number of nitrogens with two attached hydrogens (primary N) is 1. The van der Waals surface area contributed by atoms with E-state index in [-0.39, 0.29) is 28.9 Å². The molecule has 19 heavy (non-hydrogen) atoms. The number of phenols is 1. The fourth-order valence-corrected chi connectivity index (χ4v) is 2.64. The summed E-state index contributed by atoms with van der Waals surface area (Å²) in [6.45, 7) is 2.26. The van der Waals surface area contributed by atoms with Crippen molar-refractivity contribution in [2.45, 2.75) is 45.1 Å². The molecule has 1 fully saturated rings. The molecule has 4 N–H and O–H groups in total. The molecule has 0 radical (unpaired) electrons. The van der Waals surface area contributed by atoms with Crippen molar-refractivity contribution in [3.63, 3.8) is 0 Å². The van der Waals surface area contributed by atoms with Gasteiger partial charge in [0.2, 0.25) is 0 Å². The first-order valence-corrected chi connectivity index (χ1v) is 6.96. The summed E-state index contributed by atoms with van der Waals surface area (Å²) in [5.41, 5.74) is 6.10. The molecule has 1 aliphatic carbocycles. The van der Waals surface area contributed by atoms with E-state index >= 15 is 0 Å². The summed E-state index contributed by atoms with van der Waals surface area (Å²) in [4.78, 5) is 12.2. The van der Waals surface area contributed by atoms with E-state index in [1.165, 1.54) is 6.42 Å². The molecule has 2 atom stereocenters. The van der Waals surface area contributed by atoms with Gasteiger partial charge in [-0.2, -0.15) is 0 Å². The van der Waals surface area contributed by atoms with Gasteiger partial charge in [0, 0.05) is 6.04 Å². The molecule has 1 amide bonds. The molecule has 1 aromatic carbocycles. The molecule has 4 nitrogen and oxygen atoms in total. The molecule has 0 heterocycles. The molecule has 0 spiro atoms. The van der Waals surface area contributed by atoms with Gasteiger partial charge in [-0.3, -0.25) is 4.79 Å². The second kappa shape index (κ2) is 5.95. The Balaban J connectivity index is 2.02. The molecular formula is C15H22N2O2. The summed E-state index contributed by atoms with van der Waals surface area (Å²) in [7, 11) is 0. The predicted molar refractivity (Wildman–Crippen MR) is 76.0 cm³/mol. The summed E-state index contributed by atoms with van der Waals surface area (Å²) in [5, 5.41) is 12.8. The summed E-state index contributed by atoms with van der Waals surface area (Å²) in [5.74, 6) is 0.383. The number of carbonyl (C=O) groups is 1. The number of nitrogen functional groups attached to an aromatic ring is 1. The van der Waals surface area contributed by atoms with Crippen molar-refractivity contribution in [3.05, 3.63) is 23.8 Å². The Bertz CT molecular complexity index is 459. The number of rotatable bonds is 2. The minimum atomic E-state index is -0.232. The van der Waals surface area contributed by atoms with Gasteiger partial charge in [-0.1, -0.05) is 25.8 Å². The Morgan fingerprint density at radius 3 is 2.89 bits per heavy atom. The normalized spacial score (nSPS) is 23.6. The summed E-state index contributed by atoms with van der Waals surface area (Å²) < 4.78 is 0. The molecule has 0 saturated heterocycles. The van der Waals surface area contributed by atoms with E-state index in [1.54, 1.807) is 18.2 Å². The summed E-state index contributed by atoms with van der Waals surface area (Å²) in [6.07, 6.45) is 5.55. The minimum absolute atomic E-state index is 0.123. The average Bonchev–Trinajstić information content (AvgIpc) is 2.58. The van der Waals surface area contributed by atoms with Gasteiger partial charge in [-0.05, 0) is 37.3 Å². The highest BCUT2D eigenvalue weighted by Gasteiger charge is 2.20. The van der Waals surface area contributed by atoms with Gasteiger partial charge in [0.05, 0.1) is 11.3 Å².